The molecule has 0 aromatic heterocycles. The van der Waals surface area contributed by atoms with Crippen molar-refractivity contribution >= 4 is 39.5 Å². The number of aliphatic hydroxyl groups excluding tert-OH is 1. The maximum Gasteiger partial charge on any atom is 0.472 e. The molecule has 17 nitrogen and oxygen atoms in total. The molecule has 0 aromatic rings. The van der Waals surface area contributed by atoms with Crippen LogP contribution in [-0.4, -0.2) is 96.7 Å². The van der Waals surface area contributed by atoms with Crippen molar-refractivity contribution in [3.05, 3.63) is 0 Å². The Labute approximate surface area is 568 Å². The van der Waals surface area contributed by atoms with Crippen molar-refractivity contribution in [1.29, 1.82) is 0 Å². The molecule has 19 heteroatoms. The van der Waals surface area contributed by atoms with Gasteiger partial charge in [-0.05, 0) is 49.4 Å². The molecule has 0 amide bonds. The molecular formula is C74H144O17P2. The van der Waals surface area contributed by atoms with E-state index in [0.29, 0.717) is 31.6 Å². The van der Waals surface area contributed by atoms with Gasteiger partial charge in [-0.25, -0.2) is 9.13 Å². The van der Waals surface area contributed by atoms with Gasteiger partial charge >= 0.3 is 39.5 Å². The van der Waals surface area contributed by atoms with Crippen LogP contribution in [-0.2, 0) is 65.4 Å². The first kappa shape index (κ1) is 91.1. The Morgan fingerprint density at radius 2 is 0.452 bits per heavy atom. The molecule has 0 aliphatic heterocycles. The van der Waals surface area contributed by atoms with Crippen molar-refractivity contribution in [2.75, 3.05) is 39.6 Å². The minimum Gasteiger partial charge on any atom is -0.462 e. The molecule has 0 bridgehead atoms. The molecule has 3 unspecified atom stereocenters. The lowest BCUT2D eigenvalue weighted by molar-refractivity contribution is -0.161. The highest BCUT2D eigenvalue weighted by molar-refractivity contribution is 7.47. The number of aliphatic hydroxyl groups is 1. The van der Waals surface area contributed by atoms with Crippen LogP contribution in [0.5, 0.6) is 0 Å². The van der Waals surface area contributed by atoms with Crippen molar-refractivity contribution < 1.29 is 80.2 Å². The predicted molar refractivity (Wildman–Crippen MR) is 377 cm³/mol. The number of phosphoric ester groups is 2. The largest absolute Gasteiger partial charge is 0.472 e. The Bertz CT molecular complexity index is 1830. The number of carbonyl (C=O) groups excluding carboxylic acids is 4. The second-order valence-electron chi connectivity index (χ2n) is 28.6. The Kier molecular flexibility index (Phi) is 62.2. The fourth-order valence-electron chi connectivity index (χ4n) is 11.2. The maximum atomic E-state index is 13.0. The quantitative estimate of drug-likeness (QED) is 0.0222. The van der Waals surface area contributed by atoms with Crippen molar-refractivity contribution in [3.63, 3.8) is 0 Å². The van der Waals surface area contributed by atoms with E-state index in [1.807, 2.05) is 0 Å². The highest BCUT2D eigenvalue weighted by Gasteiger charge is 2.30. The van der Waals surface area contributed by atoms with Crippen molar-refractivity contribution in [2.45, 2.75) is 388 Å². The van der Waals surface area contributed by atoms with Gasteiger partial charge in [-0.15, -0.1) is 0 Å². The van der Waals surface area contributed by atoms with Gasteiger partial charge < -0.3 is 33.8 Å². The number of rotatable bonds is 71. The van der Waals surface area contributed by atoms with E-state index in [-0.39, 0.29) is 25.7 Å². The minimum absolute atomic E-state index is 0.105. The summed E-state index contributed by atoms with van der Waals surface area (Å²) in [4.78, 5) is 72.7. The number of hydrogen-bond acceptors (Lipinski definition) is 15. The van der Waals surface area contributed by atoms with E-state index < -0.39 is 97.5 Å². The Morgan fingerprint density at radius 1 is 0.269 bits per heavy atom. The lowest BCUT2D eigenvalue weighted by Crippen LogP contribution is -2.30. The summed E-state index contributed by atoms with van der Waals surface area (Å²) < 4.78 is 68.4. The molecule has 3 N–H and O–H groups in total. The van der Waals surface area contributed by atoms with Crippen LogP contribution in [0, 0.1) is 23.7 Å². The van der Waals surface area contributed by atoms with E-state index in [1.165, 1.54) is 167 Å². The van der Waals surface area contributed by atoms with Gasteiger partial charge in [0, 0.05) is 25.7 Å². The van der Waals surface area contributed by atoms with Crippen LogP contribution < -0.4 is 0 Å². The third-order valence-corrected chi connectivity index (χ3v) is 19.0. The SMILES string of the molecule is CC(C)CCCCCCCCCCCCCCCCC(=O)O[C@H](COC(=O)CCCCCCCCCC(C)C)COP(=O)(O)OCC(O)COP(=O)(O)OC[C@@H](COC(=O)CCCCCCCCCCCCC(C)C)OC(=O)CCCCCCCCCCCCC(C)C. The smallest absolute Gasteiger partial charge is 0.462 e. The first-order valence-corrected chi connectivity index (χ1v) is 41.2. The molecule has 0 heterocycles. The summed E-state index contributed by atoms with van der Waals surface area (Å²) in [7, 11) is -9.91. The second kappa shape index (κ2) is 63.5. The number of carbonyl (C=O) groups is 4. The molecular weight excluding hydrogens is 1220 g/mol. The van der Waals surface area contributed by atoms with Gasteiger partial charge in [-0.3, -0.25) is 37.3 Å². The van der Waals surface area contributed by atoms with Crippen LogP contribution in [0.4, 0.5) is 0 Å². The molecule has 5 atom stereocenters. The van der Waals surface area contributed by atoms with E-state index in [1.54, 1.807) is 0 Å². The first-order valence-electron chi connectivity index (χ1n) is 38.2. The zero-order chi connectivity index (χ0) is 68.9. The number of phosphoric acid groups is 2. The van der Waals surface area contributed by atoms with E-state index in [2.05, 4.69) is 55.4 Å². The number of esters is 4. The summed E-state index contributed by atoms with van der Waals surface area (Å²) in [6.45, 7) is 14.1. The van der Waals surface area contributed by atoms with E-state index in [9.17, 15) is 43.2 Å². The molecule has 0 saturated heterocycles. The lowest BCUT2D eigenvalue weighted by atomic mass is 10.0. The van der Waals surface area contributed by atoms with Crippen molar-refractivity contribution in [2.24, 2.45) is 23.7 Å². The molecule has 0 fully saturated rings. The van der Waals surface area contributed by atoms with Gasteiger partial charge in [0.15, 0.2) is 12.2 Å². The average molecular weight is 1370 g/mol. The van der Waals surface area contributed by atoms with Crippen LogP contribution in [0.2, 0.25) is 0 Å². The molecule has 93 heavy (non-hydrogen) atoms. The molecule has 552 valence electrons. The maximum absolute atomic E-state index is 13.0. The highest BCUT2D eigenvalue weighted by Crippen LogP contribution is 2.45. The zero-order valence-corrected chi connectivity index (χ0v) is 62.7. The third kappa shape index (κ3) is 68.4. The summed E-state index contributed by atoms with van der Waals surface area (Å²) in [6.07, 6.45) is 47.2. The van der Waals surface area contributed by atoms with Crippen LogP contribution in [0.3, 0.4) is 0 Å². The zero-order valence-electron chi connectivity index (χ0n) is 60.9. The Balaban J connectivity index is 5.24. The monoisotopic (exact) mass is 1370 g/mol. The molecule has 0 rings (SSSR count). The Hall–Kier alpha value is -1.94. The number of ether oxygens (including phenoxy) is 4. The van der Waals surface area contributed by atoms with E-state index in [4.69, 9.17) is 37.0 Å². The molecule has 0 aliphatic carbocycles. The van der Waals surface area contributed by atoms with Gasteiger partial charge in [0.2, 0.25) is 0 Å². The van der Waals surface area contributed by atoms with Gasteiger partial charge in [0.25, 0.3) is 0 Å². The summed E-state index contributed by atoms with van der Waals surface area (Å²) in [5.74, 6) is 0.887. The third-order valence-electron chi connectivity index (χ3n) is 17.1. The second-order valence-corrected chi connectivity index (χ2v) is 31.5. The average Bonchev–Trinajstić information content (AvgIpc) is 3.56. The van der Waals surface area contributed by atoms with E-state index >= 15 is 0 Å². The van der Waals surface area contributed by atoms with Gasteiger partial charge in [-0.2, -0.15) is 0 Å². The molecule has 0 aromatic carbocycles. The standard InChI is InChI=1S/C74H144O17P2/c1-64(2)50-42-34-26-19-13-11-9-10-12-14-23-31-40-48-56-73(78)91-70(61-85-72(77)55-47-39-33-25-29-37-45-53-67(7)8)63-89-93(82,83)87-59-68(75)58-86-92(80,81)88-62-69(90-74(79)57-49-41-32-24-18-16-21-28-36-44-52-66(5)6)60-84-71(76)54-46-38-30-22-17-15-20-27-35-43-51-65(3)4/h64-70,75H,9-63H2,1-8H3,(H,80,81)(H,82,83)/t68?,69-,70-/m1/s1. The topological polar surface area (TPSA) is 237 Å². The van der Waals surface area contributed by atoms with Gasteiger partial charge in [-0.1, -0.05) is 319 Å². The van der Waals surface area contributed by atoms with Crippen molar-refractivity contribution in [3.8, 4) is 0 Å². The number of unbranched alkanes of at least 4 members (excludes halogenated alkanes) is 37. The minimum atomic E-state index is -4.95. The summed E-state index contributed by atoms with van der Waals surface area (Å²) in [6, 6.07) is 0. The van der Waals surface area contributed by atoms with E-state index in [0.717, 1.165) is 114 Å². The molecule has 0 aliphatic rings. The molecule has 0 saturated carbocycles. The Morgan fingerprint density at radius 3 is 0.667 bits per heavy atom. The predicted octanol–water partition coefficient (Wildman–Crippen LogP) is 21.3. The van der Waals surface area contributed by atoms with Crippen LogP contribution in [0.1, 0.15) is 370 Å². The van der Waals surface area contributed by atoms with Crippen LogP contribution >= 0.6 is 15.6 Å². The highest BCUT2D eigenvalue weighted by atomic mass is 31.2. The lowest BCUT2D eigenvalue weighted by Gasteiger charge is -2.21. The fraction of sp³-hybridized carbons (Fsp3) is 0.946. The van der Waals surface area contributed by atoms with Crippen molar-refractivity contribution in [1.82, 2.24) is 0 Å². The summed E-state index contributed by atoms with van der Waals surface area (Å²) in [5.41, 5.74) is 0. The first-order chi connectivity index (χ1) is 44.6. The van der Waals surface area contributed by atoms with Gasteiger partial charge in [0.05, 0.1) is 26.4 Å². The number of hydrogen-bond donors (Lipinski definition) is 3. The fourth-order valence-corrected chi connectivity index (χ4v) is 12.8. The van der Waals surface area contributed by atoms with Gasteiger partial charge in [0.1, 0.15) is 19.3 Å². The summed E-state index contributed by atoms with van der Waals surface area (Å²) >= 11 is 0. The molecule has 0 radical (unpaired) electrons. The summed E-state index contributed by atoms with van der Waals surface area (Å²) in [5, 5.41) is 10.6. The normalized spacial score (nSPS) is 14.2. The molecule has 0 spiro atoms. The van der Waals surface area contributed by atoms with Crippen LogP contribution in [0.25, 0.3) is 0 Å². The van der Waals surface area contributed by atoms with Crippen LogP contribution in [0.15, 0.2) is 0 Å².